The van der Waals surface area contributed by atoms with Crippen LogP contribution in [0.25, 0.3) is 5.69 Å². The van der Waals surface area contributed by atoms with Crippen LogP contribution in [0.4, 0.5) is 13.2 Å². The van der Waals surface area contributed by atoms with Crippen LogP contribution in [-0.2, 0) is 6.18 Å². The molecule has 0 amide bonds. The summed E-state index contributed by atoms with van der Waals surface area (Å²) in [6, 6.07) is 5.07. The standard InChI is InChI=1S/C12H11BrF3N3/c1-7(17)8-2-3-11(10(13)4-8)19-6-9(5-18-19)12(14,15)16/h2-7H,17H2,1H3. The molecule has 3 nitrogen and oxygen atoms in total. The van der Waals surface area contributed by atoms with Gasteiger partial charge in [-0.25, -0.2) is 4.68 Å². The van der Waals surface area contributed by atoms with Gasteiger partial charge in [0.2, 0.25) is 0 Å². The summed E-state index contributed by atoms with van der Waals surface area (Å²) in [5.74, 6) is 0. The number of nitrogens with zero attached hydrogens (tertiary/aromatic N) is 2. The average Bonchev–Trinajstić information content (AvgIpc) is 2.77. The molecule has 2 N–H and O–H groups in total. The van der Waals surface area contributed by atoms with Gasteiger partial charge in [0.1, 0.15) is 0 Å². The molecule has 1 unspecified atom stereocenters. The Labute approximate surface area is 116 Å². The highest BCUT2D eigenvalue weighted by Gasteiger charge is 2.32. The first-order valence-electron chi connectivity index (χ1n) is 5.46. The highest BCUT2D eigenvalue weighted by molar-refractivity contribution is 9.10. The molecule has 1 aromatic carbocycles. The first kappa shape index (κ1) is 14.1. The van der Waals surface area contributed by atoms with E-state index >= 15 is 0 Å². The van der Waals surface area contributed by atoms with Crippen LogP contribution in [0.3, 0.4) is 0 Å². The van der Waals surface area contributed by atoms with Crippen molar-refractivity contribution in [1.82, 2.24) is 9.78 Å². The number of halogens is 4. The van der Waals surface area contributed by atoms with Gasteiger partial charge < -0.3 is 5.73 Å². The Bertz CT molecular complexity index is 590. The Morgan fingerprint density at radius 2 is 2.05 bits per heavy atom. The highest BCUT2D eigenvalue weighted by atomic mass is 79.9. The minimum absolute atomic E-state index is 0.145. The van der Waals surface area contributed by atoms with Crippen LogP contribution < -0.4 is 5.73 Å². The normalized spacial score (nSPS) is 13.6. The van der Waals surface area contributed by atoms with Gasteiger partial charge in [-0.3, -0.25) is 0 Å². The summed E-state index contributed by atoms with van der Waals surface area (Å²) >= 11 is 3.31. The van der Waals surface area contributed by atoms with Crippen molar-refractivity contribution in [3.63, 3.8) is 0 Å². The van der Waals surface area contributed by atoms with Crippen molar-refractivity contribution in [3.05, 3.63) is 46.2 Å². The molecular weight excluding hydrogens is 323 g/mol. The number of aromatic nitrogens is 2. The van der Waals surface area contributed by atoms with Gasteiger partial charge in [-0.2, -0.15) is 18.3 Å². The molecule has 0 bridgehead atoms. The largest absolute Gasteiger partial charge is 0.419 e. The van der Waals surface area contributed by atoms with Crippen LogP contribution in [0.15, 0.2) is 35.1 Å². The minimum Gasteiger partial charge on any atom is -0.324 e. The van der Waals surface area contributed by atoms with E-state index in [1.165, 1.54) is 4.68 Å². The highest BCUT2D eigenvalue weighted by Crippen LogP contribution is 2.30. The molecule has 2 aromatic rings. The Hall–Kier alpha value is -1.34. The van der Waals surface area contributed by atoms with E-state index in [-0.39, 0.29) is 6.04 Å². The van der Waals surface area contributed by atoms with E-state index < -0.39 is 11.7 Å². The SMILES string of the molecule is CC(N)c1ccc(-n2cc(C(F)(F)F)cn2)c(Br)c1. The topological polar surface area (TPSA) is 43.8 Å². The monoisotopic (exact) mass is 333 g/mol. The van der Waals surface area contributed by atoms with Gasteiger partial charge in [-0.1, -0.05) is 6.07 Å². The molecule has 0 fully saturated rings. The molecule has 0 aliphatic carbocycles. The van der Waals surface area contributed by atoms with Crippen LogP contribution in [0.1, 0.15) is 24.1 Å². The zero-order valence-electron chi connectivity index (χ0n) is 9.95. The van der Waals surface area contributed by atoms with Crippen molar-refractivity contribution in [2.45, 2.75) is 19.1 Å². The second-order valence-corrected chi connectivity index (χ2v) is 5.03. The van der Waals surface area contributed by atoms with E-state index in [1.807, 2.05) is 6.92 Å². The van der Waals surface area contributed by atoms with Gasteiger partial charge in [0.15, 0.2) is 0 Å². The van der Waals surface area contributed by atoms with Crippen LogP contribution in [-0.4, -0.2) is 9.78 Å². The van der Waals surface area contributed by atoms with Gasteiger partial charge in [0.25, 0.3) is 0 Å². The fourth-order valence-electron chi connectivity index (χ4n) is 1.59. The molecule has 1 atom stereocenters. The Morgan fingerprint density at radius 1 is 1.37 bits per heavy atom. The summed E-state index contributed by atoms with van der Waals surface area (Å²) in [7, 11) is 0. The van der Waals surface area contributed by atoms with E-state index in [0.717, 1.165) is 18.0 Å². The maximum atomic E-state index is 12.5. The molecule has 0 aliphatic heterocycles. The number of hydrogen-bond donors (Lipinski definition) is 1. The van der Waals surface area contributed by atoms with Gasteiger partial charge >= 0.3 is 6.18 Å². The zero-order chi connectivity index (χ0) is 14.2. The van der Waals surface area contributed by atoms with E-state index in [9.17, 15) is 13.2 Å². The fourth-order valence-corrected chi connectivity index (χ4v) is 2.17. The molecule has 1 heterocycles. The molecule has 1 aromatic heterocycles. The van der Waals surface area contributed by atoms with Gasteiger partial charge in [-0.05, 0) is 40.5 Å². The van der Waals surface area contributed by atoms with E-state index in [2.05, 4.69) is 21.0 Å². The lowest BCUT2D eigenvalue weighted by molar-refractivity contribution is -0.137. The number of nitrogens with two attached hydrogens (primary N) is 1. The van der Waals surface area contributed by atoms with Crippen LogP contribution in [0.2, 0.25) is 0 Å². The first-order valence-corrected chi connectivity index (χ1v) is 6.25. The quantitative estimate of drug-likeness (QED) is 0.911. The second-order valence-electron chi connectivity index (χ2n) is 4.17. The second kappa shape index (κ2) is 4.97. The molecule has 7 heteroatoms. The Morgan fingerprint density at radius 3 is 2.53 bits per heavy atom. The molecule has 0 aliphatic rings. The molecule has 0 saturated carbocycles. The van der Waals surface area contributed by atoms with Crippen molar-refractivity contribution in [2.24, 2.45) is 5.73 Å². The smallest absolute Gasteiger partial charge is 0.324 e. The molecule has 102 valence electrons. The van der Waals surface area contributed by atoms with Crippen molar-refractivity contribution in [2.75, 3.05) is 0 Å². The number of benzene rings is 1. The van der Waals surface area contributed by atoms with Crippen molar-refractivity contribution >= 4 is 15.9 Å². The third-order valence-electron chi connectivity index (χ3n) is 2.65. The summed E-state index contributed by atoms with van der Waals surface area (Å²) in [6.45, 7) is 1.83. The predicted octanol–water partition coefficient (Wildman–Crippen LogP) is 3.67. The molecule has 19 heavy (non-hydrogen) atoms. The van der Waals surface area contributed by atoms with Crippen molar-refractivity contribution in [3.8, 4) is 5.69 Å². The van der Waals surface area contributed by atoms with E-state index in [4.69, 9.17) is 5.73 Å². The number of hydrogen-bond acceptors (Lipinski definition) is 2. The van der Waals surface area contributed by atoms with Crippen LogP contribution >= 0.6 is 15.9 Å². The average molecular weight is 334 g/mol. The maximum absolute atomic E-state index is 12.5. The third-order valence-corrected chi connectivity index (χ3v) is 3.29. The maximum Gasteiger partial charge on any atom is 0.419 e. The summed E-state index contributed by atoms with van der Waals surface area (Å²) in [6.07, 6.45) is -2.64. The molecule has 2 rings (SSSR count). The fraction of sp³-hybridized carbons (Fsp3) is 0.250. The van der Waals surface area contributed by atoms with Crippen molar-refractivity contribution < 1.29 is 13.2 Å². The predicted molar refractivity (Wildman–Crippen MR) is 68.9 cm³/mol. The van der Waals surface area contributed by atoms with Gasteiger partial charge in [-0.15, -0.1) is 0 Å². The zero-order valence-corrected chi connectivity index (χ0v) is 11.5. The minimum atomic E-state index is -4.39. The van der Waals surface area contributed by atoms with Crippen LogP contribution in [0.5, 0.6) is 0 Å². The molecule has 0 radical (unpaired) electrons. The Kier molecular flexibility index (Phi) is 3.69. The Balaban J connectivity index is 2.40. The molecule has 0 saturated heterocycles. The lowest BCUT2D eigenvalue weighted by Crippen LogP contribution is -2.06. The van der Waals surface area contributed by atoms with E-state index in [1.54, 1.807) is 18.2 Å². The number of alkyl halides is 3. The number of rotatable bonds is 2. The summed E-state index contributed by atoms with van der Waals surface area (Å²) in [4.78, 5) is 0. The van der Waals surface area contributed by atoms with E-state index in [0.29, 0.717) is 10.2 Å². The lowest BCUT2D eigenvalue weighted by atomic mass is 10.1. The lowest BCUT2D eigenvalue weighted by Gasteiger charge is -2.10. The third kappa shape index (κ3) is 2.98. The van der Waals surface area contributed by atoms with Gasteiger partial charge in [0, 0.05) is 16.7 Å². The van der Waals surface area contributed by atoms with Crippen LogP contribution in [0, 0.1) is 0 Å². The molecule has 0 spiro atoms. The first-order chi connectivity index (χ1) is 8.79. The van der Waals surface area contributed by atoms with Crippen molar-refractivity contribution in [1.29, 1.82) is 0 Å². The summed E-state index contributed by atoms with van der Waals surface area (Å²) in [5, 5.41) is 3.72. The summed E-state index contributed by atoms with van der Waals surface area (Å²) in [5.41, 5.74) is 6.37. The summed E-state index contributed by atoms with van der Waals surface area (Å²) < 4.78 is 39.3. The molecular formula is C12H11BrF3N3. The van der Waals surface area contributed by atoms with Gasteiger partial charge in [0.05, 0.1) is 17.4 Å².